The molecule has 6 heteroatoms. The number of benzene rings is 2. The minimum atomic E-state index is -3.29. The number of anilines is 1. The second kappa shape index (κ2) is 9.31. The van der Waals surface area contributed by atoms with E-state index < -0.39 is 20.4 Å². The summed E-state index contributed by atoms with van der Waals surface area (Å²) in [5.74, 6) is 0.530. The maximum absolute atomic E-state index is 12.4. The van der Waals surface area contributed by atoms with Crippen LogP contribution in [0.5, 0.6) is 0 Å². The summed E-state index contributed by atoms with van der Waals surface area (Å²) < 4.78 is 26.8. The first kappa shape index (κ1) is 23.8. The molecule has 0 amide bonds. The molecule has 170 valence electrons. The maximum Gasteiger partial charge on any atom is 0.216 e. The summed E-state index contributed by atoms with van der Waals surface area (Å²) >= 11 is 0. The van der Waals surface area contributed by atoms with Crippen LogP contribution in [0.3, 0.4) is 0 Å². The van der Waals surface area contributed by atoms with Crippen LogP contribution in [0.2, 0.25) is 0 Å². The van der Waals surface area contributed by atoms with Gasteiger partial charge < -0.3 is 10.4 Å². The summed E-state index contributed by atoms with van der Waals surface area (Å²) in [5, 5.41) is 14.5. The highest BCUT2D eigenvalue weighted by molar-refractivity contribution is 7.90. The van der Waals surface area contributed by atoms with Crippen molar-refractivity contribution in [3.63, 3.8) is 0 Å². The van der Waals surface area contributed by atoms with Crippen LogP contribution in [-0.2, 0) is 15.6 Å². The zero-order valence-corrected chi connectivity index (χ0v) is 19.9. The summed E-state index contributed by atoms with van der Waals surface area (Å²) in [6.07, 6.45) is 3.76. The van der Waals surface area contributed by atoms with Crippen LogP contribution in [-0.4, -0.2) is 30.9 Å². The number of hydrogen-bond donors (Lipinski definition) is 3. The SMILES string of the molecule is CC(O)(c1ccccc1)c1ccc(NCC2CCC(NS(=O)(=O)C(C)(C)C)CC2)cc1. The topological polar surface area (TPSA) is 78.4 Å². The van der Waals surface area contributed by atoms with E-state index in [4.69, 9.17) is 0 Å². The van der Waals surface area contributed by atoms with Gasteiger partial charge in [-0.3, -0.25) is 0 Å². The fraction of sp³-hybridized carbons (Fsp3) is 0.520. The largest absolute Gasteiger partial charge is 0.385 e. The van der Waals surface area contributed by atoms with Gasteiger partial charge in [-0.15, -0.1) is 0 Å². The van der Waals surface area contributed by atoms with Crippen molar-refractivity contribution in [2.75, 3.05) is 11.9 Å². The van der Waals surface area contributed by atoms with Gasteiger partial charge in [0.1, 0.15) is 5.60 Å². The minimum Gasteiger partial charge on any atom is -0.385 e. The lowest BCUT2D eigenvalue weighted by molar-refractivity contribution is 0.102. The second-order valence-electron chi connectivity index (χ2n) is 9.85. The molecule has 1 saturated carbocycles. The van der Waals surface area contributed by atoms with Crippen molar-refractivity contribution in [1.82, 2.24) is 4.72 Å². The van der Waals surface area contributed by atoms with E-state index in [2.05, 4.69) is 10.0 Å². The normalized spacial score (nSPS) is 22.0. The Labute approximate surface area is 187 Å². The highest BCUT2D eigenvalue weighted by Crippen LogP contribution is 2.30. The van der Waals surface area contributed by atoms with Crippen LogP contribution < -0.4 is 10.0 Å². The Morgan fingerprint density at radius 3 is 1.97 bits per heavy atom. The number of sulfonamides is 1. The van der Waals surface area contributed by atoms with Gasteiger partial charge in [0, 0.05) is 18.3 Å². The van der Waals surface area contributed by atoms with E-state index in [9.17, 15) is 13.5 Å². The lowest BCUT2D eigenvalue weighted by Crippen LogP contribution is -2.46. The van der Waals surface area contributed by atoms with Crippen molar-refractivity contribution in [1.29, 1.82) is 0 Å². The first-order valence-electron chi connectivity index (χ1n) is 11.1. The third-order valence-corrected chi connectivity index (χ3v) is 8.61. The fourth-order valence-corrected chi connectivity index (χ4v) is 5.01. The summed E-state index contributed by atoms with van der Waals surface area (Å²) in [5.41, 5.74) is 1.73. The molecule has 5 nitrogen and oxygen atoms in total. The Morgan fingerprint density at radius 2 is 1.42 bits per heavy atom. The average molecular weight is 445 g/mol. The van der Waals surface area contributed by atoms with Crippen LogP contribution in [0.4, 0.5) is 5.69 Å². The highest BCUT2D eigenvalue weighted by atomic mass is 32.2. The lowest BCUT2D eigenvalue weighted by Gasteiger charge is -2.31. The van der Waals surface area contributed by atoms with Crippen molar-refractivity contribution in [2.24, 2.45) is 5.92 Å². The van der Waals surface area contributed by atoms with Crippen molar-refractivity contribution in [3.8, 4) is 0 Å². The molecule has 3 N–H and O–H groups in total. The Kier molecular flexibility index (Phi) is 7.14. The van der Waals surface area contributed by atoms with E-state index in [1.807, 2.05) is 61.5 Å². The van der Waals surface area contributed by atoms with Crippen molar-refractivity contribution in [3.05, 3.63) is 65.7 Å². The molecular formula is C25H36N2O3S. The fourth-order valence-electron chi connectivity index (χ4n) is 3.98. The maximum atomic E-state index is 12.4. The molecule has 1 aliphatic carbocycles. The Balaban J connectivity index is 1.50. The number of hydrogen-bond acceptors (Lipinski definition) is 4. The quantitative estimate of drug-likeness (QED) is 0.582. The van der Waals surface area contributed by atoms with Crippen LogP contribution >= 0.6 is 0 Å². The summed E-state index contributed by atoms with van der Waals surface area (Å²) in [7, 11) is -3.29. The van der Waals surface area contributed by atoms with Crippen molar-refractivity contribution < 1.29 is 13.5 Å². The molecule has 0 saturated heterocycles. The zero-order valence-electron chi connectivity index (χ0n) is 19.1. The van der Waals surface area contributed by atoms with Crippen molar-refractivity contribution >= 4 is 15.7 Å². The van der Waals surface area contributed by atoms with E-state index in [-0.39, 0.29) is 6.04 Å². The predicted molar refractivity (Wildman–Crippen MR) is 128 cm³/mol. The average Bonchev–Trinajstić information content (AvgIpc) is 2.73. The Bertz CT molecular complexity index is 941. The summed E-state index contributed by atoms with van der Waals surface area (Å²) in [4.78, 5) is 0. The zero-order chi connectivity index (χ0) is 22.7. The smallest absolute Gasteiger partial charge is 0.216 e. The first-order valence-corrected chi connectivity index (χ1v) is 12.6. The molecule has 0 aliphatic heterocycles. The van der Waals surface area contributed by atoms with Gasteiger partial charge in [-0.05, 0) is 82.6 Å². The standard InChI is InChI=1S/C25H36N2O3S/c1-24(2,3)31(29,30)27-23-14-10-19(11-15-23)18-26-22-16-12-21(13-17-22)25(4,28)20-8-6-5-7-9-20/h5-9,12-13,16-17,19,23,26-28H,10-11,14-15,18H2,1-4H3. The van der Waals surface area contributed by atoms with Gasteiger partial charge in [0.25, 0.3) is 0 Å². The molecular weight excluding hydrogens is 408 g/mol. The number of rotatable bonds is 7. The summed E-state index contributed by atoms with van der Waals surface area (Å²) in [6.45, 7) is 7.88. The van der Waals surface area contributed by atoms with E-state index >= 15 is 0 Å². The molecule has 1 atom stereocenters. The molecule has 31 heavy (non-hydrogen) atoms. The molecule has 1 unspecified atom stereocenters. The van der Waals surface area contributed by atoms with Crippen molar-refractivity contribution in [2.45, 2.75) is 69.8 Å². The molecule has 1 aliphatic rings. The lowest BCUT2D eigenvalue weighted by atomic mass is 9.86. The van der Waals surface area contributed by atoms with Gasteiger partial charge in [-0.1, -0.05) is 42.5 Å². The third-order valence-electron chi connectivity index (χ3n) is 6.35. The molecule has 1 fully saturated rings. The van der Waals surface area contributed by atoms with E-state index in [0.29, 0.717) is 5.92 Å². The molecule has 2 aromatic rings. The molecule has 0 heterocycles. The number of aliphatic hydroxyl groups is 1. The minimum absolute atomic E-state index is 0.0416. The van der Waals surface area contributed by atoms with Gasteiger partial charge in [-0.25, -0.2) is 13.1 Å². The van der Waals surface area contributed by atoms with E-state index in [1.165, 1.54) is 0 Å². The molecule has 3 rings (SSSR count). The van der Waals surface area contributed by atoms with E-state index in [0.717, 1.165) is 49.0 Å². The van der Waals surface area contributed by atoms with Gasteiger partial charge in [0.15, 0.2) is 0 Å². The molecule has 0 bridgehead atoms. The third kappa shape index (κ3) is 5.88. The van der Waals surface area contributed by atoms with Gasteiger partial charge >= 0.3 is 0 Å². The Hall–Kier alpha value is -1.89. The molecule has 0 spiro atoms. The Morgan fingerprint density at radius 1 is 0.871 bits per heavy atom. The second-order valence-corrected chi connectivity index (χ2v) is 12.3. The molecule has 0 aromatic heterocycles. The highest BCUT2D eigenvalue weighted by Gasteiger charge is 2.32. The first-order chi connectivity index (χ1) is 14.5. The van der Waals surface area contributed by atoms with Crippen LogP contribution in [0.25, 0.3) is 0 Å². The molecule has 2 aromatic carbocycles. The van der Waals surface area contributed by atoms with Crippen LogP contribution in [0.1, 0.15) is 64.5 Å². The van der Waals surface area contributed by atoms with Gasteiger partial charge in [0.05, 0.1) is 4.75 Å². The number of nitrogens with one attached hydrogen (secondary N) is 2. The summed E-state index contributed by atoms with van der Waals surface area (Å²) in [6, 6.07) is 17.7. The molecule has 0 radical (unpaired) electrons. The van der Waals surface area contributed by atoms with Gasteiger partial charge in [-0.2, -0.15) is 0 Å². The van der Waals surface area contributed by atoms with Crippen LogP contribution in [0, 0.1) is 5.92 Å². The monoisotopic (exact) mass is 444 g/mol. The van der Waals surface area contributed by atoms with Gasteiger partial charge in [0.2, 0.25) is 10.0 Å². The van der Waals surface area contributed by atoms with E-state index in [1.54, 1.807) is 20.8 Å². The van der Waals surface area contributed by atoms with Crippen LogP contribution in [0.15, 0.2) is 54.6 Å². The predicted octanol–water partition coefficient (Wildman–Crippen LogP) is 4.63.